The fourth-order valence-corrected chi connectivity index (χ4v) is 2.02. The van der Waals surface area contributed by atoms with E-state index in [9.17, 15) is 0 Å². The zero-order valence-corrected chi connectivity index (χ0v) is 13.8. The van der Waals surface area contributed by atoms with Gasteiger partial charge in [-0.3, -0.25) is 0 Å². The molecule has 0 atom stereocenters. The first-order valence-electron chi connectivity index (χ1n) is 7.11. The molecule has 0 saturated heterocycles. The van der Waals surface area contributed by atoms with Gasteiger partial charge in [0.15, 0.2) is 0 Å². The standard InChI is InChI=1S/C18H22ClNO/c1-13(12-20-18(2,3)4)11-16-9-10-17(21-16)14-5-7-15(19)8-6-14/h5-11,20H,12H2,1-4H3. The van der Waals surface area contributed by atoms with Gasteiger partial charge < -0.3 is 9.73 Å². The smallest absolute Gasteiger partial charge is 0.134 e. The van der Waals surface area contributed by atoms with Crippen LogP contribution in [0.2, 0.25) is 5.02 Å². The van der Waals surface area contributed by atoms with Crippen molar-refractivity contribution in [3.8, 4) is 11.3 Å². The third-order valence-corrected chi connectivity index (χ3v) is 3.29. The van der Waals surface area contributed by atoms with Crippen LogP contribution in [0.1, 0.15) is 33.5 Å². The second kappa shape index (κ2) is 6.50. The van der Waals surface area contributed by atoms with Crippen LogP contribution in [-0.2, 0) is 0 Å². The lowest BCUT2D eigenvalue weighted by Gasteiger charge is -2.20. The van der Waals surface area contributed by atoms with Crippen molar-refractivity contribution in [3.63, 3.8) is 0 Å². The van der Waals surface area contributed by atoms with Crippen molar-refractivity contribution in [1.82, 2.24) is 5.32 Å². The van der Waals surface area contributed by atoms with E-state index >= 15 is 0 Å². The van der Waals surface area contributed by atoms with E-state index in [0.29, 0.717) is 0 Å². The van der Waals surface area contributed by atoms with Gasteiger partial charge in [0, 0.05) is 22.7 Å². The van der Waals surface area contributed by atoms with E-state index in [1.165, 1.54) is 5.57 Å². The molecule has 0 amide bonds. The second-order valence-electron chi connectivity index (χ2n) is 6.30. The lowest BCUT2D eigenvalue weighted by molar-refractivity contribution is 0.445. The Morgan fingerprint density at radius 1 is 1.14 bits per heavy atom. The van der Waals surface area contributed by atoms with Crippen LogP contribution in [0.5, 0.6) is 0 Å². The van der Waals surface area contributed by atoms with Crippen molar-refractivity contribution in [3.05, 3.63) is 52.8 Å². The molecule has 3 heteroatoms. The van der Waals surface area contributed by atoms with Crippen LogP contribution in [0.15, 0.2) is 46.4 Å². The Morgan fingerprint density at radius 3 is 2.43 bits per heavy atom. The summed E-state index contributed by atoms with van der Waals surface area (Å²) in [5, 5.41) is 4.19. The molecule has 0 radical (unpaired) electrons. The van der Waals surface area contributed by atoms with Crippen LogP contribution in [0.25, 0.3) is 17.4 Å². The maximum absolute atomic E-state index is 5.90. The maximum atomic E-state index is 5.90. The highest BCUT2D eigenvalue weighted by Crippen LogP contribution is 2.24. The molecule has 0 saturated carbocycles. The van der Waals surface area contributed by atoms with Crippen LogP contribution in [0.3, 0.4) is 0 Å². The molecule has 2 aromatic rings. The lowest BCUT2D eigenvalue weighted by atomic mass is 10.1. The zero-order valence-electron chi connectivity index (χ0n) is 13.0. The molecule has 0 spiro atoms. The minimum absolute atomic E-state index is 0.118. The molecule has 0 unspecified atom stereocenters. The molecule has 1 aromatic carbocycles. The van der Waals surface area contributed by atoms with E-state index in [1.54, 1.807) is 0 Å². The molecule has 0 aliphatic carbocycles. The molecular weight excluding hydrogens is 282 g/mol. The monoisotopic (exact) mass is 303 g/mol. The van der Waals surface area contributed by atoms with E-state index in [-0.39, 0.29) is 5.54 Å². The van der Waals surface area contributed by atoms with E-state index < -0.39 is 0 Å². The van der Waals surface area contributed by atoms with E-state index in [2.05, 4.69) is 39.1 Å². The Bertz CT molecular complexity index is 617. The topological polar surface area (TPSA) is 25.2 Å². The fourth-order valence-electron chi connectivity index (χ4n) is 1.90. The minimum Gasteiger partial charge on any atom is -0.457 e. The van der Waals surface area contributed by atoms with Crippen LogP contribution in [-0.4, -0.2) is 12.1 Å². The number of benzene rings is 1. The predicted octanol–water partition coefficient (Wildman–Crippen LogP) is 5.39. The molecule has 2 nitrogen and oxygen atoms in total. The van der Waals surface area contributed by atoms with Crippen LogP contribution in [0.4, 0.5) is 0 Å². The summed E-state index contributed by atoms with van der Waals surface area (Å²) in [5.74, 6) is 1.72. The van der Waals surface area contributed by atoms with Gasteiger partial charge in [-0.25, -0.2) is 0 Å². The molecule has 1 aromatic heterocycles. The first kappa shape index (κ1) is 15.9. The summed E-state index contributed by atoms with van der Waals surface area (Å²) in [4.78, 5) is 0. The van der Waals surface area contributed by atoms with Crippen LogP contribution < -0.4 is 5.32 Å². The number of furan rings is 1. The number of hydrogen-bond donors (Lipinski definition) is 1. The maximum Gasteiger partial charge on any atom is 0.134 e. The Morgan fingerprint density at radius 2 is 1.81 bits per heavy atom. The van der Waals surface area contributed by atoms with Gasteiger partial charge in [0.1, 0.15) is 11.5 Å². The van der Waals surface area contributed by atoms with Crippen molar-refractivity contribution in [2.45, 2.75) is 33.2 Å². The molecule has 0 aliphatic heterocycles. The Labute approximate surface area is 131 Å². The fraction of sp³-hybridized carbons (Fsp3) is 0.333. The highest BCUT2D eigenvalue weighted by molar-refractivity contribution is 6.30. The first-order valence-corrected chi connectivity index (χ1v) is 7.49. The summed E-state index contributed by atoms with van der Waals surface area (Å²) in [6, 6.07) is 11.6. The lowest BCUT2D eigenvalue weighted by Crippen LogP contribution is -2.36. The molecule has 21 heavy (non-hydrogen) atoms. The van der Waals surface area contributed by atoms with Gasteiger partial charge in [0.05, 0.1) is 0 Å². The average Bonchev–Trinajstić information content (AvgIpc) is 2.85. The van der Waals surface area contributed by atoms with Crippen molar-refractivity contribution < 1.29 is 4.42 Å². The van der Waals surface area contributed by atoms with Crippen LogP contribution in [0, 0.1) is 0 Å². The molecule has 1 N–H and O–H groups in total. The summed E-state index contributed by atoms with van der Waals surface area (Å²) < 4.78 is 5.86. The normalized spacial score (nSPS) is 12.7. The van der Waals surface area contributed by atoms with E-state index in [1.807, 2.05) is 36.4 Å². The van der Waals surface area contributed by atoms with Gasteiger partial charge in [0.25, 0.3) is 0 Å². The van der Waals surface area contributed by atoms with Gasteiger partial charge in [-0.15, -0.1) is 0 Å². The quantitative estimate of drug-likeness (QED) is 0.819. The minimum atomic E-state index is 0.118. The van der Waals surface area contributed by atoms with E-state index in [0.717, 1.165) is 28.7 Å². The van der Waals surface area contributed by atoms with Gasteiger partial charge in [-0.05, 0) is 70.2 Å². The average molecular weight is 304 g/mol. The molecule has 0 fully saturated rings. The van der Waals surface area contributed by atoms with Gasteiger partial charge in [-0.2, -0.15) is 0 Å². The SMILES string of the molecule is CC(=Cc1ccc(-c2ccc(Cl)cc2)o1)CNC(C)(C)C. The van der Waals surface area contributed by atoms with Gasteiger partial charge in [-0.1, -0.05) is 17.2 Å². The zero-order chi connectivity index (χ0) is 15.5. The number of halogens is 1. The first-order chi connectivity index (χ1) is 9.83. The number of nitrogens with one attached hydrogen (secondary N) is 1. The van der Waals surface area contributed by atoms with Gasteiger partial charge >= 0.3 is 0 Å². The van der Waals surface area contributed by atoms with Crippen molar-refractivity contribution in [2.75, 3.05) is 6.54 Å². The van der Waals surface area contributed by atoms with Crippen molar-refractivity contribution >= 4 is 17.7 Å². The number of hydrogen-bond acceptors (Lipinski definition) is 2. The second-order valence-corrected chi connectivity index (χ2v) is 6.74. The highest BCUT2D eigenvalue weighted by atomic mass is 35.5. The summed E-state index contributed by atoms with van der Waals surface area (Å²) in [6.07, 6.45) is 2.07. The summed E-state index contributed by atoms with van der Waals surface area (Å²) in [5.41, 5.74) is 2.39. The third kappa shape index (κ3) is 5.07. The Kier molecular flexibility index (Phi) is 4.92. The summed E-state index contributed by atoms with van der Waals surface area (Å²) in [7, 11) is 0. The summed E-state index contributed by atoms with van der Waals surface area (Å²) in [6.45, 7) is 9.42. The molecule has 2 rings (SSSR count). The third-order valence-electron chi connectivity index (χ3n) is 3.04. The van der Waals surface area contributed by atoms with E-state index in [4.69, 9.17) is 16.0 Å². The number of rotatable bonds is 4. The van der Waals surface area contributed by atoms with Crippen molar-refractivity contribution in [2.24, 2.45) is 0 Å². The highest BCUT2D eigenvalue weighted by Gasteiger charge is 2.08. The predicted molar refractivity (Wildman–Crippen MR) is 90.6 cm³/mol. The molecule has 0 aliphatic rings. The molecule has 112 valence electrons. The Hall–Kier alpha value is -1.51. The summed E-state index contributed by atoms with van der Waals surface area (Å²) >= 11 is 5.90. The van der Waals surface area contributed by atoms with Gasteiger partial charge in [0.2, 0.25) is 0 Å². The van der Waals surface area contributed by atoms with Crippen LogP contribution >= 0.6 is 11.6 Å². The Balaban J connectivity index is 2.07. The largest absolute Gasteiger partial charge is 0.457 e. The molecular formula is C18H22ClNO. The molecule has 1 heterocycles. The van der Waals surface area contributed by atoms with Crippen molar-refractivity contribution in [1.29, 1.82) is 0 Å². The molecule has 0 bridgehead atoms.